The molecule has 7 heteroatoms. The van der Waals surface area contributed by atoms with Crippen LogP contribution in [0.2, 0.25) is 10.0 Å². The Bertz CT molecular complexity index is 665. The number of halogens is 3. The van der Waals surface area contributed by atoms with Crippen LogP contribution in [0, 0.1) is 10.1 Å². The topological polar surface area (TPSA) is 55.2 Å². The van der Waals surface area contributed by atoms with E-state index in [2.05, 4.69) is 21.2 Å². The summed E-state index contributed by atoms with van der Waals surface area (Å²) < 4.78 is 0.631. The summed E-state index contributed by atoms with van der Waals surface area (Å²) in [5.74, 6) is 0. The molecule has 0 unspecified atom stereocenters. The van der Waals surface area contributed by atoms with Crippen molar-refractivity contribution in [3.8, 4) is 0 Å². The first-order chi connectivity index (χ1) is 9.47. The van der Waals surface area contributed by atoms with E-state index in [0.29, 0.717) is 21.1 Å². The fraction of sp³-hybridized carbons (Fsp3) is 0.0769. The highest BCUT2D eigenvalue weighted by Gasteiger charge is 2.09. The van der Waals surface area contributed by atoms with Crippen molar-refractivity contribution >= 4 is 50.5 Å². The third kappa shape index (κ3) is 3.62. The van der Waals surface area contributed by atoms with E-state index in [1.165, 1.54) is 12.1 Å². The summed E-state index contributed by atoms with van der Waals surface area (Å²) in [6, 6.07) is 9.92. The summed E-state index contributed by atoms with van der Waals surface area (Å²) >= 11 is 15.1. The Kier molecular flexibility index (Phi) is 4.86. The highest BCUT2D eigenvalue weighted by atomic mass is 79.9. The number of nitrogens with zero attached hydrogens (tertiary/aromatic N) is 1. The number of hydrogen-bond acceptors (Lipinski definition) is 3. The van der Waals surface area contributed by atoms with Gasteiger partial charge in [-0.2, -0.15) is 0 Å². The fourth-order valence-electron chi connectivity index (χ4n) is 1.61. The first-order valence-corrected chi connectivity index (χ1v) is 7.14. The number of hydrogen-bond donors (Lipinski definition) is 1. The zero-order valence-corrected chi connectivity index (χ0v) is 13.2. The summed E-state index contributed by atoms with van der Waals surface area (Å²) in [7, 11) is 0. The lowest BCUT2D eigenvalue weighted by atomic mass is 10.2. The van der Waals surface area contributed by atoms with Gasteiger partial charge in [-0.3, -0.25) is 10.1 Å². The van der Waals surface area contributed by atoms with Gasteiger partial charge in [-0.1, -0.05) is 29.3 Å². The second-order valence-electron chi connectivity index (χ2n) is 4.02. The van der Waals surface area contributed by atoms with Crippen molar-refractivity contribution in [2.45, 2.75) is 6.54 Å². The molecule has 20 heavy (non-hydrogen) atoms. The summed E-state index contributed by atoms with van der Waals surface area (Å²) in [5, 5.41) is 14.8. The van der Waals surface area contributed by atoms with Gasteiger partial charge in [0.15, 0.2) is 0 Å². The lowest BCUT2D eigenvalue weighted by Crippen LogP contribution is -2.00. The number of nitro benzene ring substituents is 1. The molecule has 0 atom stereocenters. The Morgan fingerprint density at radius 2 is 1.90 bits per heavy atom. The SMILES string of the molecule is O=[N+]([O-])c1ccc(NCc2ccc(Cl)c(Cl)c2)c(Br)c1. The van der Waals surface area contributed by atoms with Crippen LogP contribution in [0.5, 0.6) is 0 Å². The van der Waals surface area contributed by atoms with Gasteiger partial charge in [0, 0.05) is 28.8 Å². The van der Waals surface area contributed by atoms with Crippen LogP contribution in [0.25, 0.3) is 0 Å². The highest BCUT2D eigenvalue weighted by molar-refractivity contribution is 9.10. The van der Waals surface area contributed by atoms with Crippen molar-refractivity contribution in [3.05, 3.63) is 66.6 Å². The molecule has 0 aromatic heterocycles. The summed E-state index contributed by atoms with van der Waals surface area (Å²) in [6.45, 7) is 0.535. The molecule has 104 valence electrons. The molecule has 4 nitrogen and oxygen atoms in total. The van der Waals surface area contributed by atoms with Gasteiger partial charge in [-0.15, -0.1) is 0 Å². The molecule has 0 saturated heterocycles. The molecule has 2 aromatic rings. The average Bonchev–Trinajstić information content (AvgIpc) is 2.41. The molecule has 2 aromatic carbocycles. The van der Waals surface area contributed by atoms with Crippen molar-refractivity contribution in [1.82, 2.24) is 0 Å². The Labute approximate surface area is 134 Å². The first kappa shape index (κ1) is 15.1. The van der Waals surface area contributed by atoms with Gasteiger partial charge in [0.05, 0.1) is 15.0 Å². The van der Waals surface area contributed by atoms with Gasteiger partial charge in [0.25, 0.3) is 5.69 Å². The predicted molar refractivity (Wildman–Crippen MR) is 84.6 cm³/mol. The van der Waals surface area contributed by atoms with Crippen LogP contribution in [0.3, 0.4) is 0 Å². The Morgan fingerprint density at radius 3 is 2.50 bits per heavy atom. The van der Waals surface area contributed by atoms with Crippen LogP contribution in [0.1, 0.15) is 5.56 Å². The molecule has 1 N–H and O–H groups in total. The Morgan fingerprint density at radius 1 is 1.15 bits per heavy atom. The number of non-ortho nitro benzene ring substituents is 1. The quantitative estimate of drug-likeness (QED) is 0.584. The molecule has 0 fully saturated rings. The van der Waals surface area contributed by atoms with E-state index in [1.807, 2.05) is 6.07 Å². The molecule has 0 radical (unpaired) electrons. The lowest BCUT2D eigenvalue weighted by Gasteiger charge is -2.09. The molecule has 0 aliphatic heterocycles. The van der Waals surface area contributed by atoms with Crippen LogP contribution in [-0.2, 0) is 6.54 Å². The largest absolute Gasteiger partial charge is 0.380 e. The fourth-order valence-corrected chi connectivity index (χ4v) is 2.44. The smallest absolute Gasteiger partial charge is 0.270 e. The van der Waals surface area contributed by atoms with Crippen LogP contribution in [-0.4, -0.2) is 4.92 Å². The van der Waals surface area contributed by atoms with Crippen molar-refractivity contribution in [3.63, 3.8) is 0 Å². The normalized spacial score (nSPS) is 10.3. The van der Waals surface area contributed by atoms with Gasteiger partial charge < -0.3 is 5.32 Å². The highest BCUT2D eigenvalue weighted by Crippen LogP contribution is 2.28. The minimum Gasteiger partial charge on any atom is -0.380 e. The molecule has 0 aliphatic carbocycles. The van der Waals surface area contributed by atoms with Crippen molar-refractivity contribution in [1.29, 1.82) is 0 Å². The molecule has 0 aliphatic rings. The van der Waals surface area contributed by atoms with E-state index >= 15 is 0 Å². The second-order valence-corrected chi connectivity index (χ2v) is 5.69. The summed E-state index contributed by atoms with van der Waals surface area (Å²) in [4.78, 5) is 10.2. The van der Waals surface area contributed by atoms with E-state index in [4.69, 9.17) is 23.2 Å². The molecular weight excluding hydrogens is 367 g/mol. The summed E-state index contributed by atoms with van der Waals surface area (Å²) in [5.41, 5.74) is 1.77. The lowest BCUT2D eigenvalue weighted by molar-refractivity contribution is -0.384. The Balaban J connectivity index is 2.10. The van der Waals surface area contributed by atoms with E-state index in [-0.39, 0.29) is 5.69 Å². The van der Waals surface area contributed by atoms with Gasteiger partial charge in [0.1, 0.15) is 0 Å². The second kappa shape index (κ2) is 6.43. The molecule has 0 bridgehead atoms. The standard InChI is InChI=1S/C13H9BrCl2N2O2/c14-10-6-9(18(19)20)2-4-13(10)17-7-8-1-3-11(15)12(16)5-8/h1-6,17H,7H2. The number of nitro groups is 1. The van der Waals surface area contributed by atoms with Crippen molar-refractivity contribution < 1.29 is 4.92 Å². The van der Waals surface area contributed by atoms with Crippen molar-refractivity contribution in [2.75, 3.05) is 5.32 Å². The zero-order chi connectivity index (χ0) is 14.7. The maximum atomic E-state index is 10.7. The molecule has 0 heterocycles. The number of anilines is 1. The van der Waals surface area contributed by atoms with Gasteiger partial charge in [-0.25, -0.2) is 0 Å². The molecule has 0 spiro atoms. The first-order valence-electron chi connectivity index (χ1n) is 5.59. The van der Waals surface area contributed by atoms with Crippen LogP contribution in [0.4, 0.5) is 11.4 Å². The maximum Gasteiger partial charge on any atom is 0.270 e. The molecule has 0 saturated carbocycles. The maximum absolute atomic E-state index is 10.7. The van der Waals surface area contributed by atoms with Crippen LogP contribution in [0.15, 0.2) is 40.9 Å². The summed E-state index contributed by atoms with van der Waals surface area (Å²) in [6.07, 6.45) is 0. The van der Waals surface area contributed by atoms with Gasteiger partial charge >= 0.3 is 0 Å². The Hall–Kier alpha value is -1.30. The van der Waals surface area contributed by atoms with Gasteiger partial charge in [-0.05, 0) is 39.7 Å². The molecular formula is C13H9BrCl2N2O2. The third-order valence-electron chi connectivity index (χ3n) is 2.63. The van der Waals surface area contributed by atoms with Gasteiger partial charge in [0.2, 0.25) is 0 Å². The average molecular weight is 376 g/mol. The van der Waals surface area contributed by atoms with Crippen LogP contribution >= 0.6 is 39.1 Å². The zero-order valence-electron chi connectivity index (χ0n) is 10.1. The number of rotatable bonds is 4. The van der Waals surface area contributed by atoms with Crippen molar-refractivity contribution in [2.24, 2.45) is 0 Å². The van der Waals surface area contributed by atoms with E-state index in [0.717, 1.165) is 11.3 Å². The monoisotopic (exact) mass is 374 g/mol. The minimum atomic E-state index is -0.437. The van der Waals surface area contributed by atoms with Crippen LogP contribution < -0.4 is 5.32 Å². The number of benzene rings is 2. The van der Waals surface area contributed by atoms with E-state index in [1.54, 1.807) is 18.2 Å². The predicted octanol–water partition coefficient (Wildman–Crippen LogP) is 5.28. The number of nitrogens with one attached hydrogen (secondary N) is 1. The third-order valence-corrected chi connectivity index (χ3v) is 4.03. The molecule has 2 rings (SSSR count). The minimum absolute atomic E-state index is 0.0389. The van der Waals surface area contributed by atoms with E-state index < -0.39 is 4.92 Å². The molecule has 0 amide bonds. The van der Waals surface area contributed by atoms with E-state index in [9.17, 15) is 10.1 Å².